The highest BCUT2D eigenvalue weighted by Crippen LogP contribution is 2.42. The summed E-state index contributed by atoms with van der Waals surface area (Å²) in [7, 11) is 0. The van der Waals surface area contributed by atoms with Gasteiger partial charge in [-0.25, -0.2) is 9.97 Å². The van der Waals surface area contributed by atoms with Crippen molar-refractivity contribution in [2.45, 2.75) is 96.2 Å². The number of rotatable bonds is 14. The van der Waals surface area contributed by atoms with Gasteiger partial charge < -0.3 is 19.8 Å². The molecule has 3 aromatic rings. The lowest BCUT2D eigenvalue weighted by atomic mass is 9.77. The second-order valence-corrected chi connectivity index (χ2v) is 15.2. The van der Waals surface area contributed by atoms with Gasteiger partial charge in [-0.3, -0.25) is 9.80 Å². The Hall–Kier alpha value is -2.52. The number of nitrogens with one attached hydrogen (secondary N) is 2. The van der Waals surface area contributed by atoms with E-state index in [1.807, 2.05) is 24.8 Å². The number of aromatic amines is 2. The lowest BCUT2D eigenvalue weighted by Crippen LogP contribution is -2.46. The van der Waals surface area contributed by atoms with Crippen molar-refractivity contribution in [3.05, 3.63) is 71.8 Å². The highest BCUT2D eigenvalue weighted by atomic mass is 15.2. The predicted octanol–water partition coefficient (Wildman–Crippen LogP) is 5.75. The van der Waals surface area contributed by atoms with Crippen LogP contribution in [0.5, 0.6) is 0 Å². The highest BCUT2D eigenvalue weighted by Gasteiger charge is 2.41. The van der Waals surface area contributed by atoms with E-state index < -0.39 is 0 Å². The monoisotopic (exact) mass is 626 g/mol. The zero-order valence-corrected chi connectivity index (χ0v) is 28.2. The van der Waals surface area contributed by atoms with E-state index in [9.17, 15) is 0 Å². The van der Waals surface area contributed by atoms with Gasteiger partial charge in [0.05, 0.1) is 0 Å². The first-order valence-electron chi connectivity index (χ1n) is 18.6. The van der Waals surface area contributed by atoms with Crippen LogP contribution in [0, 0.1) is 11.3 Å². The molecular formula is C38H58N8. The van der Waals surface area contributed by atoms with Crippen molar-refractivity contribution < 1.29 is 0 Å². The van der Waals surface area contributed by atoms with Gasteiger partial charge in [-0.15, -0.1) is 0 Å². The Bertz CT molecular complexity index is 1230. The van der Waals surface area contributed by atoms with Gasteiger partial charge in [-0.05, 0) is 100 Å². The second kappa shape index (κ2) is 15.6. The minimum atomic E-state index is 0.437. The fourth-order valence-electron chi connectivity index (χ4n) is 9.10. The number of piperidine rings is 1. The summed E-state index contributed by atoms with van der Waals surface area (Å²) in [6, 6.07) is 10.5. The Labute approximate surface area is 277 Å². The van der Waals surface area contributed by atoms with E-state index in [1.54, 1.807) is 0 Å². The Kier molecular flexibility index (Phi) is 10.9. The molecule has 1 aliphatic carbocycles. The Morgan fingerprint density at radius 3 is 2.07 bits per heavy atom. The molecule has 250 valence electrons. The first kappa shape index (κ1) is 32.0. The molecule has 1 saturated carbocycles. The van der Waals surface area contributed by atoms with Crippen molar-refractivity contribution >= 4 is 0 Å². The molecule has 1 aromatic carbocycles. The van der Waals surface area contributed by atoms with Gasteiger partial charge in [0.2, 0.25) is 0 Å². The molecule has 4 fully saturated rings. The maximum atomic E-state index is 4.57. The van der Waals surface area contributed by atoms with Crippen LogP contribution in [0.2, 0.25) is 0 Å². The highest BCUT2D eigenvalue weighted by molar-refractivity contribution is 5.23. The van der Waals surface area contributed by atoms with Crippen molar-refractivity contribution in [1.82, 2.24) is 39.5 Å². The second-order valence-electron chi connectivity index (χ2n) is 15.2. The van der Waals surface area contributed by atoms with E-state index in [0.717, 1.165) is 63.3 Å². The van der Waals surface area contributed by atoms with Gasteiger partial charge in [0.25, 0.3) is 0 Å². The van der Waals surface area contributed by atoms with Gasteiger partial charge in [0.1, 0.15) is 11.6 Å². The van der Waals surface area contributed by atoms with E-state index in [0.29, 0.717) is 11.3 Å². The number of aromatic nitrogens is 4. The molecule has 7 rings (SSSR count). The van der Waals surface area contributed by atoms with E-state index in [1.165, 1.54) is 115 Å². The first-order valence-corrected chi connectivity index (χ1v) is 18.6. The Morgan fingerprint density at radius 1 is 0.761 bits per heavy atom. The number of imidazole rings is 2. The number of hydrogen-bond donors (Lipinski definition) is 2. The Balaban J connectivity index is 0.940. The standard InChI is InChI=1S/C38H58N8/c1-2-6-35(7-3-1)46-22-13-38(14-23-46)12-21-45(31-38)29-33-10-8-32(9-11-33)28-44(25-24-43-19-4-5-20-43)30-34(26-36-39-15-16-40-36)27-37-41-17-18-42-37/h8-11,15-18,34-35H,1-7,12-14,19-31H2,(H,39,40)(H,41,42). The number of likely N-dealkylation sites (tertiary alicyclic amines) is 3. The molecule has 4 aliphatic rings. The van der Waals surface area contributed by atoms with Crippen molar-refractivity contribution in [2.24, 2.45) is 11.3 Å². The molecule has 3 aliphatic heterocycles. The van der Waals surface area contributed by atoms with Crippen LogP contribution < -0.4 is 0 Å². The minimum absolute atomic E-state index is 0.437. The van der Waals surface area contributed by atoms with E-state index >= 15 is 0 Å². The minimum Gasteiger partial charge on any atom is -0.349 e. The molecule has 8 heteroatoms. The molecule has 3 saturated heterocycles. The van der Waals surface area contributed by atoms with Crippen molar-refractivity contribution in [1.29, 1.82) is 0 Å². The first-order chi connectivity index (χ1) is 22.7. The molecule has 8 nitrogen and oxygen atoms in total. The van der Waals surface area contributed by atoms with E-state index in [4.69, 9.17) is 0 Å². The maximum Gasteiger partial charge on any atom is 0.106 e. The summed E-state index contributed by atoms with van der Waals surface area (Å²) in [5, 5.41) is 0. The summed E-state index contributed by atoms with van der Waals surface area (Å²) in [6.45, 7) is 13.1. The maximum absolute atomic E-state index is 4.57. The molecule has 0 radical (unpaired) electrons. The lowest BCUT2D eigenvalue weighted by molar-refractivity contribution is 0.0615. The van der Waals surface area contributed by atoms with Gasteiger partial charge in [0.15, 0.2) is 0 Å². The van der Waals surface area contributed by atoms with Crippen LogP contribution in [-0.4, -0.2) is 104 Å². The largest absolute Gasteiger partial charge is 0.349 e. The number of hydrogen-bond acceptors (Lipinski definition) is 6. The summed E-state index contributed by atoms with van der Waals surface area (Å²) in [5.41, 5.74) is 3.47. The van der Waals surface area contributed by atoms with Crippen LogP contribution in [0.3, 0.4) is 0 Å². The number of H-pyrrole nitrogens is 2. The third kappa shape index (κ3) is 8.68. The van der Waals surface area contributed by atoms with Crippen LogP contribution >= 0.6 is 0 Å². The van der Waals surface area contributed by atoms with E-state index in [2.05, 4.69) is 63.8 Å². The van der Waals surface area contributed by atoms with Crippen LogP contribution in [0.1, 0.15) is 87.0 Å². The van der Waals surface area contributed by atoms with Gasteiger partial charge in [-0.2, -0.15) is 0 Å². The molecule has 0 unspecified atom stereocenters. The fraction of sp³-hybridized carbons (Fsp3) is 0.684. The molecule has 2 aromatic heterocycles. The van der Waals surface area contributed by atoms with Gasteiger partial charge >= 0.3 is 0 Å². The lowest BCUT2D eigenvalue weighted by Gasteiger charge is -2.43. The van der Waals surface area contributed by atoms with Crippen LogP contribution in [-0.2, 0) is 25.9 Å². The summed E-state index contributed by atoms with van der Waals surface area (Å²) in [4.78, 5) is 26.8. The number of nitrogens with zero attached hydrogens (tertiary/aromatic N) is 6. The topological polar surface area (TPSA) is 70.3 Å². The van der Waals surface area contributed by atoms with E-state index in [-0.39, 0.29) is 0 Å². The fourth-order valence-corrected chi connectivity index (χ4v) is 9.10. The van der Waals surface area contributed by atoms with Crippen LogP contribution in [0.25, 0.3) is 0 Å². The summed E-state index contributed by atoms with van der Waals surface area (Å²) >= 11 is 0. The third-order valence-electron chi connectivity index (χ3n) is 11.8. The average Bonchev–Trinajstić information content (AvgIpc) is 3.92. The quantitative estimate of drug-likeness (QED) is 0.238. The molecular weight excluding hydrogens is 568 g/mol. The van der Waals surface area contributed by atoms with Crippen LogP contribution in [0.4, 0.5) is 0 Å². The summed E-state index contributed by atoms with van der Waals surface area (Å²) < 4.78 is 0. The van der Waals surface area contributed by atoms with Gasteiger partial charge in [-0.1, -0.05) is 43.5 Å². The van der Waals surface area contributed by atoms with Crippen molar-refractivity contribution in [2.75, 3.05) is 58.9 Å². The van der Waals surface area contributed by atoms with Gasteiger partial charge in [0, 0.05) is 82.9 Å². The van der Waals surface area contributed by atoms with Crippen LogP contribution in [0.15, 0.2) is 49.1 Å². The average molecular weight is 627 g/mol. The normalized spacial score (nSPS) is 21.8. The molecule has 0 atom stereocenters. The Morgan fingerprint density at radius 2 is 1.41 bits per heavy atom. The number of benzene rings is 1. The molecule has 0 amide bonds. The summed E-state index contributed by atoms with van der Waals surface area (Å²) in [5.74, 6) is 2.57. The molecule has 1 spiro atoms. The molecule has 0 bridgehead atoms. The SMILES string of the molecule is c1c[nH]c(CC(Cc2ncc[nH]2)CN(CCN2CCCC2)Cc2ccc(CN3CCC4(CCN(C5CCCCC5)CC4)C3)cc2)n1. The molecule has 2 N–H and O–H groups in total. The zero-order valence-electron chi connectivity index (χ0n) is 28.2. The smallest absolute Gasteiger partial charge is 0.106 e. The zero-order chi connectivity index (χ0) is 31.0. The molecule has 46 heavy (non-hydrogen) atoms. The third-order valence-corrected chi connectivity index (χ3v) is 11.8. The molecule has 5 heterocycles. The van der Waals surface area contributed by atoms with Crippen molar-refractivity contribution in [3.8, 4) is 0 Å². The van der Waals surface area contributed by atoms with Crippen molar-refractivity contribution in [3.63, 3.8) is 0 Å². The summed E-state index contributed by atoms with van der Waals surface area (Å²) in [6.07, 6.45) is 23.6. The predicted molar refractivity (Wildman–Crippen MR) is 185 cm³/mol.